The van der Waals surface area contributed by atoms with E-state index >= 15 is 0 Å². The number of fused-ring (bicyclic) bond motifs is 1. The van der Waals surface area contributed by atoms with Gasteiger partial charge in [-0.25, -0.2) is 4.79 Å². The first-order valence-electron chi connectivity index (χ1n) is 5.52. The minimum absolute atomic E-state index is 0.0652. The Bertz CT molecular complexity index is 515. The van der Waals surface area contributed by atoms with E-state index in [1.807, 2.05) is 13.0 Å². The molecule has 0 unspecified atom stereocenters. The van der Waals surface area contributed by atoms with Gasteiger partial charge in [-0.15, -0.1) is 0 Å². The molecular formula is C13H11F3O2. The maximum atomic E-state index is 12.2. The van der Waals surface area contributed by atoms with Crippen molar-refractivity contribution < 1.29 is 22.7 Å². The first-order valence-corrected chi connectivity index (χ1v) is 5.52. The molecule has 0 radical (unpaired) electrons. The molecule has 0 heterocycles. The normalized spacial score (nSPS) is 14.7. The molecule has 0 atom stereocenters. The summed E-state index contributed by atoms with van der Waals surface area (Å²) in [6, 6.07) is 7.00. The molecule has 1 aromatic carbocycles. The summed E-state index contributed by atoms with van der Waals surface area (Å²) in [4.78, 5) is 10.9. The second-order valence-electron chi connectivity index (χ2n) is 4.01. The predicted octanol–water partition coefficient (Wildman–Crippen LogP) is 3.47. The summed E-state index contributed by atoms with van der Waals surface area (Å²) in [5.74, 6) is -2.10. The van der Waals surface area contributed by atoms with Crippen molar-refractivity contribution in [3.8, 4) is 0 Å². The first kappa shape index (κ1) is 12.7. The highest BCUT2D eigenvalue weighted by molar-refractivity contribution is 5.85. The zero-order valence-corrected chi connectivity index (χ0v) is 9.67. The van der Waals surface area contributed by atoms with Crippen LogP contribution in [0.4, 0.5) is 13.2 Å². The number of alkyl halides is 3. The maximum absolute atomic E-state index is 12.2. The third-order valence-electron chi connectivity index (χ3n) is 2.84. The largest absolute Gasteiger partial charge is 0.491 e. The molecule has 5 heteroatoms. The van der Waals surface area contributed by atoms with Gasteiger partial charge >= 0.3 is 12.1 Å². The summed E-state index contributed by atoms with van der Waals surface area (Å²) >= 11 is 0. The monoisotopic (exact) mass is 256 g/mol. The Morgan fingerprint density at radius 1 is 1.33 bits per heavy atom. The van der Waals surface area contributed by atoms with Crippen LogP contribution < -0.4 is 0 Å². The van der Waals surface area contributed by atoms with Crippen LogP contribution in [0.2, 0.25) is 0 Å². The summed E-state index contributed by atoms with van der Waals surface area (Å²) in [7, 11) is 0. The minimum atomic E-state index is -4.97. The number of rotatable bonds is 2. The van der Waals surface area contributed by atoms with Crippen LogP contribution in [0.3, 0.4) is 0 Å². The number of ether oxygens (including phenoxy) is 1. The van der Waals surface area contributed by atoms with Crippen LogP contribution >= 0.6 is 0 Å². The summed E-state index contributed by atoms with van der Waals surface area (Å²) in [6.07, 6.45) is -3.88. The fourth-order valence-corrected chi connectivity index (χ4v) is 1.96. The third kappa shape index (κ3) is 2.25. The van der Waals surface area contributed by atoms with E-state index in [1.54, 1.807) is 18.2 Å². The van der Waals surface area contributed by atoms with Crippen molar-refractivity contribution in [2.24, 2.45) is 0 Å². The van der Waals surface area contributed by atoms with E-state index < -0.39 is 12.1 Å². The van der Waals surface area contributed by atoms with E-state index in [-0.39, 0.29) is 5.76 Å². The Hall–Kier alpha value is -1.78. The van der Waals surface area contributed by atoms with Gasteiger partial charge in [0.1, 0.15) is 5.76 Å². The summed E-state index contributed by atoms with van der Waals surface area (Å²) < 4.78 is 41.2. The van der Waals surface area contributed by atoms with Gasteiger partial charge in [-0.2, -0.15) is 13.2 Å². The van der Waals surface area contributed by atoms with Crippen molar-refractivity contribution in [3.63, 3.8) is 0 Å². The van der Waals surface area contributed by atoms with Crippen LogP contribution in [0.1, 0.15) is 24.5 Å². The quantitative estimate of drug-likeness (QED) is 0.757. The van der Waals surface area contributed by atoms with Gasteiger partial charge in [0, 0.05) is 5.56 Å². The molecule has 0 aliphatic heterocycles. The van der Waals surface area contributed by atoms with Crippen LogP contribution in [-0.4, -0.2) is 12.1 Å². The van der Waals surface area contributed by atoms with Crippen molar-refractivity contribution in [2.75, 3.05) is 0 Å². The van der Waals surface area contributed by atoms with Crippen LogP contribution in [0.5, 0.6) is 0 Å². The maximum Gasteiger partial charge on any atom is 0.491 e. The Balaban J connectivity index is 2.33. The highest BCUT2D eigenvalue weighted by Gasteiger charge is 2.42. The molecule has 1 aliphatic rings. The molecule has 0 saturated heterocycles. The molecule has 0 bridgehead atoms. The highest BCUT2D eigenvalue weighted by atomic mass is 19.4. The van der Waals surface area contributed by atoms with Crippen LogP contribution in [-0.2, 0) is 16.0 Å². The number of allylic oxidation sites excluding steroid dienone is 1. The van der Waals surface area contributed by atoms with E-state index in [2.05, 4.69) is 4.74 Å². The number of halogens is 3. The van der Waals surface area contributed by atoms with Gasteiger partial charge in [0.2, 0.25) is 0 Å². The Labute approximate surface area is 102 Å². The fourth-order valence-electron chi connectivity index (χ4n) is 1.96. The number of esters is 1. The Morgan fingerprint density at radius 3 is 2.61 bits per heavy atom. The average Bonchev–Trinajstić information content (AvgIpc) is 2.66. The summed E-state index contributed by atoms with van der Waals surface area (Å²) in [5.41, 5.74) is 2.18. The van der Waals surface area contributed by atoms with Gasteiger partial charge in [0.15, 0.2) is 0 Å². The minimum Gasteiger partial charge on any atom is -0.419 e. The number of carbonyl (C=O) groups is 1. The molecule has 96 valence electrons. The summed E-state index contributed by atoms with van der Waals surface area (Å²) in [5, 5.41) is 0. The molecule has 0 saturated carbocycles. The molecule has 0 spiro atoms. The van der Waals surface area contributed by atoms with Gasteiger partial charge in [0.25, 0.3) is 0 Å². The lowest BCUT2D eigenvalue weighted by molar-refractivity contribution is -0.192. The van der Waals surface area contributed by atoms with Gasteiger partial charge in [-0.1, -0.05) is 31.2 Å². The lowest BCUT2D eigenvalue weighted by atomic mass is 10.1. The lowest BCUT2D eigenvalue weighted by Gasteiger charge is -2.10. The van der Waals surface area contributed by atoms with Crippen molar-refractivity contribution in [1.82, 2.24) is 0 Å². The van der Waals surface area contributed by atoms with E-state index in [0.29, 0.717) is 24.0 Å². The zero-order valence-electron chi connectivity index (χ0n) is 9.67. The SMILES string of the molecule is CCC1=C(OC(=O)C(F)(F)F)c2ccccc2C1. The molecule has 2 rings (SSSR count). The molecule has 0 fully saturated rings. The van der Waals surface area contributed by atoms with Crippen molar-refractivity contribution in [3.05, 3.63) is 41.0 Å². The van der Waals surface area contributed by atoms with Gasteiger partial charge < -0.3 is 4.74 Å². The smallest absolute Gasteiger partial charge is 0.419 e. The van der Waals surface area contributed by atoms with E-state index in [9.17, 15) is 18.0 Å². The highest BCUT2D eigenvalue weighted by Crippen LogP contribution is 2.36. The second kappa shape index (κ2) is 4.48. The van der Waals surface area contributed by atoms with Crippen molar-refractivity contribution >= 4 is 11.7 Å². The predicted molar refractivity (Wildman–Crippen MR) is 59.5 cm³/mol. The van der Waals surface area contributed by atoms with Crippen LogP contribution in [0, 0.1) is 0 Å². The molecule has 18 heavy (non-hydrogen) atoms. The van der Waals surface area contributed by atoms with Gasteiger partial charge in [-0.05, 0) is 24.0 Å². The zero-order chi connectivity index (χ0) is 13.3. The Kier molecular flexibility index (Phi) is 3.15. The van der Waals surface area contributed by atoms with Crippen molar-refractivity contribution in [1.29, 1.82) is 0 Å². The number of hydrogen-bond donors (Lipinski definition) is 0. The van der Waals surface area contributed by atoms with Crippen molar-refractivity contribution in [2.45, 2.75) is 25.9 Å². The Morgan fingerprint density at radius 2 is 2.00 bits per heavy atom. The molecule has 1 aliphatic carbocycles. The van der Waals surface area contributed by atoms with Crippen LogP contribution in [0.15, 0.2) is 29.8 Å². The average molecular weight is 256 g/mol. The van der Waals surface area contributed by atoms with E-state index in [4.69, 9.17) is 0 Å². The van der Waals surface area contributed by atoms with Gasteiger partial charge in [-0.3, -0.25) is 0 Å². The van der Waals surface area contributed by atoms with E-state index in [0.717, 1.165) is 5.56 Å². The van der Waals surface area contributed by atoms with Gasteiger partial charge in [0.05, 0.1) is 0 Å². The summed E-state index contributed by atoms with van der Waals surface area (Å²) in [6.45, 7) is 1.82. The number of carbonyl (C=O) groups excluding carboxylic acids is 1. The third-order valence-corrected chi connectivity index (χ3v) is 2.84. The molecule has 0 N–H and O–H groups in total. The fraction of sp³-hybridized carbons (Fsp3) is 0.308. The van der Waals surface area contributed by atoms with Crippen LogP contribution in [0.25, 0.3) is 5.76 Å². The number of hydrogen-bond acceptors (Lipinski definition) is 2. The lowest BCUT2D eigenvalue weighted by Crippen LogP contribution is -2.24. The molecule has 0 amide bonds. The molecule has 0 aromatic heterocycles. The molecular weight excluding hydrogens is 245 g/mol. The first-order chi connectivity index (χ1) is 8.43. The second-order valence-corrected chi connectivity index (χ2v) is 4.01. The van der Waals surface area contributed by atoms with E-state index in [1.165, 1.54) is 0 Å². The topological polar surface area (TPSA) is 26.3 Å². The molecule has 2 nitrogen and oxygen atoms in total. The standard InChI is InChI=1S/C13H11F3O2/c1-2-8-7-9-5-3-4-6-10(9)11(8)18-12(17)13(14,15)16/h3-6H,2,7H2,1H3. The molecule has 1 aromatic rings. The number of benzene rings is 1.